The molecule has 0 aliphatic carbocycles. The highest BCUT2D eigenvalue weighted by Crippen LogP contribution is 2.19. The number of furan rings is 1. The Morgan fingerprint density at radius 2 is 1.82 bits per heavy atom. The Labute approximate surface area is 165 Å². The highest BCUT2D eigenvalue weighted by molar-refractivity contribution is 5.91. The lowest BCUT2D eigenvalue weighted by Gasteiger charge is -2.34. The molecule has 0 spiro atoms. The normalized spacial score (nSPS) is 14.7. The Morgan fingerprint density at radius 1 is 1.11 bits per heavy atom. The standard InChI is InChI=1S/C21H28N4O3/c1-17(26)25(16-20-4-3-15-28-20)10-9-21(27)22-18-5-7-19(8-6-18)24-13-11-23(2)12-14-24/h3-8,15H,9-14,16H2,1-2H3,(H,22,27). The highest BCUT2D eigenvalue weighted by atomic mass is 16.3. The topological polar surface area (TPSA) is 69.0 Å². The molecule has 1 aliphatic rings. The molecule has 2 heterocycles. The van der Waals surface area contributed by atoms with Crippen molar-refractivity contribution >= 4 is 23.2 Å². The van der Waals surface area contributed by atoms with Gasteiger partial charge in [-0.3, -0.25) is 9.59 Å². The van der Waals surface area contributed by atoms with Gasteiger partial charge in [-0.1, -0.05) is 0 Å². The smallest absolute Gasteiger partial charge is 0.226 e. The van der Waals surface area contributed by atoms with Gasteiger partial charge in [0.05, 0.1) is 12.8 Å². The minimum Gasteiger partial charge on any atom is -0.467 e. The first kappa shape index (κ1) is 19.9. The summed E-state index contributed by atoms with van der Waals surface area (Å²) in [6, 6.07) is 11.5. The zero-order valence-corrected chi connectivity index (χ0v) is 16.6. The van der Waals surface area contributed by atoms with Crippen molar-refractivity contribution in [1.82, 2.24) is 9.80 Å². The number of nitrogens with one attached hydrogen (secondary N) is 1. The number of nitrogens with zero attached hydrogens (tertiary/aromatic N) is 3. The zero-order chi connectivity index (χ0) is 19.9. The molecule has 28 heavy (non-hydrogen) atoms. The van der Waals surface area contributed by atoms with Crippen LogP contribution in [-0.4, -0.2) is 61.4 Å². The summed E-state index contributed by atoms with van der Waals surface area (Å²) in [5, 5.41) is 2.91. The van der Waals surface area contributed by atoms with Crippen LogP contribution >= 0.6 is 0 Å². The summed E-state index contributed by atoms with van der Waals surface area (Å²) >= 11 is 0. The minimum atomic E-state index is -0.113. The summed E-state index contributed by atoms with van der Waals surface area (Å²) in [7, 11) is 2.14. The molecular formula is C21H28N4O3. The van der Waals surface area contributed by atoms with Gasteiger partial charge in [-0.2, -0.15) is 0 Å². The maximum atomic E-state index is 12.3. The fraction of sp³-hybridized carbons (Fsp3) is 0.429. The monoisotopic (exact) mass is 384 g/mol. The number of rotatable bonds is 7. The summed E-state index contributed by atoms with van der Waals surface area (Å²) in [5.74, 6) is 0.508. The molecule has 1 saturated heterocycles. The van der Waals surface area contributed by atoms with Gasteiger partial charge in [-0.05, 0) is 43.4 Å². The molecule has 1 aromatic carbocycles. The van der Waals surface area contributed by atoms with Crippen molar-refractivity contribution in [2.24, 2.45) is 0 Å². The van der Waals surface area contributed by atoms with Gasteiger partial charge < -0.3 is 24.4 Å². The van der Waals surface area contributed by atoms with Crippen molar-refractivity contribution < 1.29 is 14.0 Å². The third kappa shape index (κ3) is 5.60. The first-order valence-corrected chi connectivity index (χ1v) is 9.62. The molecular weight excluding hydrogens is 356 g/mol. The molecule has 1 N–H and O–H groups in total. The molecule has 1 aliphatic heterocycles. The SMILES string of the molecule is CC(=O)N(CCC(=O)Nc1ccc(N2CCN(C)CC2)cc1)Cc1ccco1. The van der Waals surface area contributed by atoms with E-state index in [9.17, 15) is 9.59 Å². The molecule has 1 aromatic heterocycles. The van der Waals surface area contributed by atoms with E-state index in [4.69, 9.17) is 4.42 Å². The second kappa shape index (κ2) is 9.41. The molecule has 2 amide bonds. The quantitative estimate of drug-likeness (QED) is 0.794. The van der Waals surface area contributed by atoms with Crippen LogP contribution in [0.15, 0.2) is 47.1 Å². The fourth-order valence-electron chi connectivity index (χ4n) is 3.22. The molecule has 7 nitrogen and oxygen atoms in total. The van der Waals surface area contributed by atoms with Gasteiger partial charge in [0.2, 0.25) is 11.8 Å². The van der Waals surface area contributed by atoms with Crippen molar-refractivity contribution in [3.05, 3.63) is 48.4 Å². The van der Waals surface area contributed by atoms with E-state index in [-0.39, 0.29) is 18.2 Å². The molecule has 3 rings (SSSR count). The van der Waals surface area contributed by atoms with Crippen LogP contribution in [0.25, 0.3) is 0 Å². The minimum absolute atomic E-state index is 0.0827. The Bertz CT molecular complexity index is 765. The first-order chi connectivity index (χ1) is 13.5. The molecule has 0 saturated carbocycles. The number of piperazine rings is 1. The van der Waals surface area contributed by atoms with E-state index < -0.39 is 0 Å². The molecule has 1 fully saturated rings. The second-order valence-electron chi connectivity index (χ2n) is 7.16. The van der Waals surface area contributed by atoms with E-state index in [0.29, 0.717) is 18.8 Å². The summed E-state index contributed by atoms with van der Waals surface area (Å²) in [5.41, 5.74) is 1.94. The summed E-state index contributed by atoms with van der Waals surface area (Å²) < 4.78 is 5.28. The van der Waals surface area contributed by atoms with Crippen LogP contribution < -0.4 is 10.2 Å². The van der Waals surface area contributed by atoms with E-state index >= 15 is 0 Å². The summed E-state index contributed by atoms with van der Waals surface area (Å²) in [4.78, 5) is 30.3. The van der Waals surface area contributed by atoms with E-state index in [2.05, 4.69) is 22.2 Å². The van der Waals surface area contributed by atoms with Gasteiger partial charge in [0.1, 0.15) is 5.76 Å². The van der Waals surface area contributed by atoms with Gasteiger partial charge in [0, 0.05) is 57.4 Å². The molecule has 0 bridgehead atoms. The average molecular weight is 384 g/mol. The third-order valence-corrected chi connectivity index (χ3v) is 5.00. The predicted octanol–water partition coefficient (Wildman–Crippen LogP) is 2.41. The highest BCUT2D eigenvalue weighted by Gasteiger charge is 2.15. The number of carbonyl (C=O) groups excluding carboxylic acids is 2. The number of amides is 2. The molecule has 150 valence electrons. The summed E-state index contributed by atoms with van der Waals surface area (Å²) in [6.45, 7) is 6.36. The van der Waals surface area contributed by atoms with Gasteiger partial charge in [-0.25, -0.2) is 0 Å². The lowest BCUT2D eigenvalue weighted by atomic mass is 10.2. The lowest BCUT2D eigenvalue weighted by molar-refractivity contribution is -0.130. The van der Waals surface area contributed by atoms with Crippen LogP contribution in [0.1, 0.15) is 19.1 Å². The Kier molecular flexibility index (Phi) is 6.71. The maximum Gasteiger partial charge on any atom is 0.226 e. The van der Waals surface area contributed by atoms with E-state index in [1.807, 2.05) is 30.3 Å². The van der Waals surface area contributed by atoms with Crippen molar-refractivity contribution in [1.29, 1.82) is 0 Å². The van der Waals surface area contributed by atoms with Crippen molar-refractivity contribution in [3.8, 4) is 0 Å². The van der Waals surface area contributed by atoms with E-state index in [1.54, 1.807) is 17.2 Å². The number of hydrogen-bond acceptors (Lipinski definition) is 5. The number of benzene rings is 1. The van der Waals surface area contributed by atoms with Gasteiger partial charge in [0.15, 0.2) is 0 Å². The van der Waals surface area contributed by atoms with Crippen molar-refractivity contribution in [2.45, 2.75) is 19.9 Å². The van der Waals surface area contributed by atoms with Crippen LogP contribution in [-0.2, 0) is 16.1 Å². The zero-order valence-electron chi connectivity index (χ0n) is 16.6. The number of likely N-dealkylation sites (N-methyl/N-ethyl adjacent to an activating group) is 1. The van der Waals surface area contributed by atoms with Crippen LogP contribution in [0, 0.1) is 0 Å². The Balaban J connectivity index is 1.48. The Morgan fingerprint density at radius 3 is 2.43 bits per heavy atom. The second-order valence-corrected chi connectivity index (χ2v) is 7.16. The molecule has 7 heteroatoms. The first-order valence-electron chi connectivity index (χ1n) is 9.62. The maximum absolute atomic E-state index is 12.3. The number of anilines is 2. The molecule has 2 aromatic rings. The van der Waals surface area contributed by atoms with Gasteiger partial charge >= 0.3 is 0 Å². The van der Waals surface area contributed by atoms with Crippen LogP contribution in [0.2, 0.25) is 0 Å². The number of hydrogen-bond donors (Lipinski definition) is 1. The predicted molar refractivity (Wildman–Crippen MR) is 109 cm³/mol. The third-order valence-electron chi connectivity index (χ3n) is 5.00. The van der Waals surface area contributed by atoms with Gasteiger partial charge in [0.25, 0.3) is 0 Å². The summed E-state index contributed by atoms with van der Waals surface area (Å²) in [6.07, 6.45) is 1.81. The number of carbonyl (C=O) groups is 2. The van der Waals surface area contributed by atoms with Crippen LogP contribution in [0.4, 0.5) is 11.4 Å². The molecule has 0 atom stereocenters. The van der Waals surface area contributed by atoms with Crippen molar-refractivity contribution in [3.63, 3.8) is 0 Å². The molecule has 0 radical (unpaired) electrons. The lowest BCUT2D eigenvalue weighted by Crippen LogP contribution is -2.44. The van der Waals surface area contributed by atoms with E-state index in [0.717, 1.165) is 31.9 Å². The molecule has 0 unspecified atom stereocenters. The van der Waals surface area contributed by atoms with Crippen molar-refractivity contribution in [2.75, 3.05) is 50.0 Å². The van der Waals surface area contributed by atoms with Gasteiger partial charge in [-0.15, -0.1) is 0 Å². The van der Waals surface area contributed by atoms with Crippen LogP contribution in [0.3, 0.4) is 0 Å². The van der Waals surface area contributed by atoms with E-state index in [1.165, 1.54) is 12.6 Å². The Hall–Kier alpha value is -2.80. The fourth-order valence-corrected chi connectivity index (χ4v) is 3.22. The largest absolute Gasteiger partial charge is 0.467 e. The average Bonchev–Trinajstić information content (AvgIpc) is 3.19. The van der Waals surface area contributed by atoms with Crippen LogP contribution in [0.5, 0.6) is 0 Å².